The molecule has 0 atom stereocenters. The third-order valence-corrected chi connectivity index (χ3v) is 4.53. The van der Waals surface area contributed by atoms with Crippen LogP contribution in [0.4, 0.5) is 5.69 Å². The van der Waals surface area contributed by atoms with Crippen LogP contribution in [0.2, 0.25) is 0 Å². The maximum absolute atomic E-state index is 12.2. The predicted octanol–water partition coefficient (Wildman–Crippen LogP) is 4.16. The number of aryl methyl sites for hydroxylation is 1. The number of hydrogen-bond donors (Lipinski definition) is 1. The number of carbonyl (C=O) groups is 1. The molecule has 7 nitrogen and oxygen atoms in total. The van der Waals surface area contributed by atoms with Crippen LogP contribution in [0.15, 0.2) is 47.0 Å². The van der Waals surface area contributed by atoms with Crippen LogP contribution in [0, 0.1) is 0 Å². The monoisotopic (exact) mass is 379 g/mol. The highest BCUT2D eigenvalue weighted by Crippen LogP contribution is 2.34. The maximum Gasteiger partial charge on any atom is 0.231 e. The van der Waals surface area contributed by atoms with E-state index in [9.17, 15) is 4.79 Å². The second-order valence-corrected chi connectivity index (χ2v) is 6.90. The second kappa shape index (κ2) is 7.72. The molecule has 0 bridgehead atoms. The lowest BCUT2D eigenvalue weighted by Crippen LogP contribution is -2.12. The number of rotatable bonds is 6. The molecule has 1 amide bonds. The van der Waals surface area contributed by atoms with Crippen LogP contribution >= 0.6 is 0 Å². The van der Waals surface area contributed by atoms with Crippen molar-refractivity contribution in [3.63, 3.8) is 0 Å². The Morgan fingerprint density at radius 1 is 1.11 bits per heavy atom. The molecule has 1 N–H and O–H groups in total. The SMILES string of the molecule is CC(C)c1ccc(-c2noc(CCC(=O)Nc3ccc4c(c3)OCO4)n2)cc1. The zero-order chi connectivity index (χ0) is 19.5. The smallest absolute Gasteiger partial charge is 0.231 e. The van der Waals surface area contributed by atoms with Crippen molar-refractivity contribution in [2.24, 2.45) is 0 Å². The van der Waals surface area contributed by atoms with Gasteiger partial charge in [-0.2, -0.15) is 4.98 Å². The van der Waals surface area contributed by atoms with Crippen LogP contribution in [-0.4, -0.2) is 22.8 Å². The molecule has 0 radical (unpaired) electrons. The Labute approximate surface area is 162 Å². The first-order valence-corrected chi connectivity index (χ1v) is 9.21. The summed E-state index contributed by atoms with van der Waals surface area (Å²) in [7, 11) is 0. The van der Waals surface area contributed by atoms with Gasteiger partial charge in [0.15, 0.2) is 11.5 Å². The van der Waals surface area contributed by atoms with Crippen LogP contribution in [0.25, 0.3) is 11.4 Å². The third-order valence-electron chi connectivity index (χ3n) is 4.53. The van der Waals surface area contributed by atoms with Crippen molar-refractivity contribution >= 4 is 11.6 Å². The fourth-order valence-electron chi connectivity index (χ4n) is 2.91. The minimum atomic E-state index is -0.139. The minimum Gasteiger partial charge on any atom is -0.454 e. The molecule has 0 unspecified atom stereocenters. The number of ether oxygens (including phenoxy) is 2. The highest BCUT2D eigenvalue weighted by molar-refractivity contribution is 5.91. The summed E-state index contributed by atoms with van der Waals surface area (Å²) in [5, 5.41) is 6.85. The summed E-state index contributed by atoms with van der Waals surface area (Å²) in [6, 6.07) is 13.4. The van der Waals surface area contributed by atoms with Gasteiger partial charge in [-0.1, -0.05) is 43.3 Å². The van der Waals surface area contributed by atoms with Gasteiger partial charge in [-0.3, -0.25) is 4.79 Å². The van der Waals surface area contributed by atoms with E-state index in [1.807, 2.05) is 12.1 Å². The average Bonchev–Trinajstić information content (AvgIpc) is 3.35. The molecule has 4 rings (SSSR count). The normalized spacial score (nSPS) is 12.4. The highest BCUT2D eigenvalue weighted by Gasteiger charge is 2.15. The van der Waals surface area contributed by atoms with E-state index in [4.69, 9.17) is 14.0 Å². The fraction of sp³-hybridized carbons (Fsp3) is 0.286. The van der Waals surface area contributed by atoms with Gasteiger partial charge in [0, 0.05) is 30.2 Å². The van der Waals surface area contributed by atoms with Crippen LogP contribution in [-0.2, 0) is 11.2 Å². The summed E-state index contributed by atoms with van der Waals surface area (Å²) in [6.45, 7) is 4.50. The van der Waals surface area contributed by atoms with Crippen molar-refractivity contribution in [3.05, 3.63) is 53.9 Å². The van der Waals surface area contributed by atoms with Crippen molar-refractivity contribution in [1.82, 2.24) is 10.1 Å². The molecule has 2 heterocycles. The van der Waals surface area contributed by atoms with Gasteiger partial charge in [0.05, 0.1) is 0 Å². The molecule has 3 aromatic rings. The molecule has 144 valence electrons. The Kier molecular flexibility index (Phi) is 4.97. The Balaban J connectivity index is 1.33. The van der Waals surface area contributed by atoms with Crippen LogP contribution < -0.4 is 14.8 Å². The number of fused-ring (bicyclic) bond motifs is 1. The van der Waals surface area contributed by atoms with Crippen LogP contribution in [0.5, 0.6) is 11.5 Å². The number of amides is 1. The molecule has 2 aromatic carbocycles. The number of hydrogen-bond acceptors (Lipinski definition) is 6. The first-order chi connectivity index (χ1) is 13.6. The third kappa shape index (κ3) is 3.98. The summed E-state index contributed by atoms with van der Waals surface area (Å²) in [6.07, 6.45) is 0.607. The standard InChI is InChI=1S/C21H21N3O4/c1-13(2)14-3-5-15(6-4-14)21-23-20(28-24-21)10-9-19(25)22-16-7-8-17-18(11-16)27-12-26-17/h3-8,11,13H,9-10,12H2,1-2H3,(H,22,25). The lowest BCUT2D eigenvalue weighted by molar-refractivity contribution is -0.116. The van der Waals surface area contributed by atoms with E-state index in [1.54, 1.807) is 18.2 Å². The fourth-order valence-corrected chi connectivity index (χ4v) is 2.91. The second-order valence-electron chi connectivity index (χ2n) is 6.90. The van der Waals surface area contributed by atoms with Crippen molar-refractivity contribution < 1.29 is 18.8 Å². The number of carbonyl (C=O) groups excluding carboxylic acids is 1. The number of aromatic nitrogens is 2. The molecule has 1 aromatic heterocycles. The number of benzene rings is 2. The van der Waals surface area contributed by atoms with Gasteiger partial charge in [0.2, 0.25) is 24.4 Å². The van der Waals surface area contributed by atoms with Gasteiger partial charge < -0.3 is 19.3 Å². The average molecular weight is 379 g/mol. The van der Waals surface area contributed by atoms with E-state index in [1.165, 1.54) is 5.56 Å². The van der Waals surface area contributed by atoms with E-state index in [0.717, 1.165) is 5.56 Å². The number of nitrogens with one attached hydrogen (secondary N) is 1. The van der Waals surface area contributed by atoms with E-state index in [2.05, 4.69) is 41.4 Å². The highest BCUT2D eigenvalue weighted by atomic mass is 16.7. The van der Waals surface area contributed by atoms with Crippen LogP contribution in [0.3, 0.4) is 0 Å². The Morgan fingerprint density at radius 3 is 2.68 bits per heavy atom. The molecule has 0 aliphatic carbocycles. The lowest BCUT2D eigenvalue weighted by atomic mass is 10.0. The van der Waals surface area contributed by atoms with E-state index < -0.39 is 0 Å². The Morgan fingerprint density at radius 2 is 1.89 bits per heavy atom. The zero-order valence-electron chi connectivity index (χ0n) is 15.8. The van der Waals surface area contributed by atoms with Gasteiger partial charge in [-0.05, 0) is 23.6 Å². The largest absolute Gasteiger partial charge is 0.454 e. The van der Waals surface area contributed by atoms with Gasteiger partial charge in [-0.15, -0.1) is 0 Å². The van der Waals surface area contributed by atoms with Crippen molar-refractivity contribution in [1.29, 1.82) is 0 Å². The summed E-state index contributed by atoms with van der Waals surface area (Å²) in [5.74, 6) is 2.60. The van der Waals surface area contributed by atoms with E-state index in [-0.39, 0.29) is 19.1 Å². The van der Waals surface area contributed by atoms with Gasteiger partial charge in [-0.25, -0.2) is 0 Å². The molecular formula is C21H21N3O4. The molecule has 1 aliphatic heterocycles. The molecular weight excluding hydrogens is 358 g/mol. The molecule has 0 fully saturated rings. The maximum atomic E-state index is 12.2. The lowest BCUT2D eigenvalue weighted by Gasteiger charge is -2.05. The summed E-state index contributed by atoms with van der Waals surface area (Å²) < 4.78 is 15.8. The number of nitrogens with zero attached hydrogens (tertiary/aromatic N) is 2. The van der Waals surface area contributed by atoms with Gasteiger partial charge in [0.1, 0.15) is 0 Å². The summed E-state index contributed by atoms with van der Waals surface area (Å²) in [5.41, 5.74) is 2.81. The van der Waals surface area contributed by atoms with Crippen molar-refractivity contribution in [2.75, 3.05) is 12.1 Å². The van der Waals surface area contributed by atoms with Gasteiger partial charge >= 0.3 is 0 Å². The molecule has 7 heteroatoms. The zero-order valence-corrected chi connectivity index (χ0v) is 15.8. The Hall–Kier alpha value is -3.35. The molecule has 28 heavy (non-hydrogen) atoms. The van der Waals surface area contributed by atoms with Crippen LogP contribution in [0.1, 0.15) is 37.6 Å². The molecule has 1 aliphatic rings. The first kappa shape index (κ1) is 18.0. The summed E-state index contributed by atoms with van der Waals surface area (Å²) in [4.78, 5) is 16.6. The van der Waals surface area contributed by atoms with Crippen molar-refractivity contribution in [2.45, 2.75) is 32.6 Å². The number of anilines is 1. The van der Waals surface area contributed by atoms with E-state index >= 15 is 0 Å². The Bertz CT molecular complexity index is 980. The topological polar surface area (TPSA) is 86.5 Å². The molecule has 0 spiro atoms. The summed E-state index contributed by atoms with van der Waals surface area (Å²) >= 11 is 0. The molecule has 0 saturated carbocycles. The predicted molar refractivity (Wildman–Crippen MR) is 103 cm³/mol. The van der Waals surface area contributed by atoms with E-state index in [0.29, 0.717) is 41.2 Å². The molecule has 0 saturated heterocycles. The van der Waals surface area contributed by atoms with Gasteiger partial charge in [0.25, 0.3) is 0 Å². The first-order valence-electron chi connectivity index (χ1n) is 9.21. The minimum absolute atomic E-state index is 0.139. The van der Waals surface area contributed by atoms with Crippen molar-refractivity contribution in [3.8, 4) is 22.9 Å². The quantitative estimate of drug-likeness (QED) is 0.692.